The van der Waals surface area contributed by atoms with Gasteiger partial charge in [-0.1, -0.05) is 0 Å². The summed E-state index contributed by atoms with van der Waals surface area (Å²) in [4.78, 5) is 31.6. The third-order valence-electron chi connectivity index (χ3n) is 5.70. The number of hydrazine groups is 1. The summed E-state index contributed by atoms with van der Waals surface area (Å²) in [5, 5.41) is 6.95. The van der Waals surface area contributed by atoms with E-state index in [1.54, 1.807) is 0 Å². The Hall–Kier alpha value is -1.11. The van der Waals surface area contributed by atoms with E-state index in [1.165, 1.54) is 16.4 Å². The van der Waals surface area contributed by atoms with Crippen LogP contribution >= 0.6 is 12.9 Å². The van der Waals surface area contributed by atoms with Crippen LogP contribution in [0.3, 0.4) is 0 Å². The Morgan fingerprint density at radius 1 is 1.35 bits per heavy atom. The van der Waals surface area contributed by atoms with Gasteiger partial charge in [0, 0.05) is 51.2 Å². The van der Waals surface area contributed by atoms with Crippen LogP contribution in [0.15, 0.2) is 0 Å². The van der Waals surface area contributed by atoms with Gasteiger partial charge >= 0.3 is 6.03 Å². The highest BCUT2D eigenvalue weighted by molar-refractivity contribution is 7.75. The number of urea groups is 1. The van der Waals surface area contributed by atoms with Gasteiger partial charge in [-0.05, 0) is 25.7 Å². The number of nitrogens with one attached hydrogen (secondary N) is 3. The molecular formula is C15H26N6O4S. The second-order valence-corrected chi connectivity index (χ2v) is 7.48. The predicted octanol–water partition coefficient (Wildman–Crippen LogP) is -0.980. The fourth-order valence-electron chi connectivity index (χ4n) is 4.32. The highest BCUT2D eigenvalue weighted by Gasteiger charge is 2.48. The molecule has 4 aliphatic rings. The summed E-state index contributed by atoms with van der Waals surface area (Å²) >= 11 is 3.72. The Morgan fingerprint density at radius 3 is 3.00 bits per heavy atom. The molecule has 10 nitrogen and oxygen atoms in total. The van der Waals surface area contributed by atoms with Crippen molar-refractivity contribution >= 4 is 24.8 Å². The van der Waals surface area contributed by atoms with E-state index in [-0.39, 0.29) is 24.0 Å². The van der Waals surface area contributed by atoms with E-state index in [0.29, 0.717) is 32.0 Å². The van der Waals surface area contributed by atoms with Gasteiger partial charge in [0.05, 0.1) is 12.6 Å². The maximum atomic E-state index is 12.4. The average Bonchev–Trinajstić information content (AvgIpc) is 3.37. The van der Waals surface area contributed by atoms with E-state index < -0.39 is 6.04 Å². The third-order valence-corrected chi connectivity index (χ3v) is 5.88. The Balaban J connectivity index is 1.21. The number of thiol groups is 1. The molecule has 0 aliphatic carbocycles. The molecule has 146 valence electrons. The van der Waals surface area contributed by atoms with E-state index in [9.17, 15) is 9.59 Å². The van der Waals surface area contributed by atoms with Crippen molar-refractivity contribution in [3.63, 3.8) is 0 Å². The van der Waals surface area contributed by atoms with Crippen LogP contribution in [0, 0.1) is 0 Å². The number of amides is 3. The molecule has 0 aromatic heterocycles. The first kappa shape index (κ1) is 18.3. The topological polar surface area (TPSA) is 98.4 Å². The smallest absolute Gasteiger partial charge is 0.310 e. The lowest BCUT2D eigenvalue weighted by molar-refractivity contribution is -0.139. The first-order valence-electron chi connectivity index (χ1n) is 9.24. The van der Waals surface area contributed by atoms with Gasteiger partial charge < -0.3 is 10.2 Å². The van der Waals surface area contributed by atoms with E-state index in [2.05, 4.69) is 34.1 Å². The van der Waals surface area contributed by atoms with Crippen molar-refractivity contribution in [1.82, 2.24) is 31.2 Å². The van der Waals surface area contributed by atoms with Crippen molar-refractivity contribution in [1.29, 1.82) is 0 Å². The van der Waals surface area contributed by atoms with Gasteiger partial charge in [0.1, 0.15) is 6.04 Å². The van der Waals surface area contributed by atoms with Crippen LogP contribution < -0.4 is 16.2 Å². The second-order valence-electron chi connectivity index (χ2n) is 7.32. The van der Waals surface area contributed by atoms with Crippen LogP contribution in [0.5, 0.6) is 0 Å². The summed E-state index contributed by atoms with van der Waals surface area (Å²) in [7, 11) is 0. The minimum atomic E-state index is -0.523. The number of fused-ring (bicyclic) bond motifs is 2. The summed E-state index contributed by atoms with van der Waals surface area (Å²) in [6, 6.07) is -0.207. The van der Waals surface area contributed by atoms with Crippen molar-refractivity contribution in [3.8, 4) is 0 Å². The average molecular weight is 386 g/mol. The molecule has 4 fully saturated rings. The minimum Gasteiger partial charge on any atom is -0.310 e. The van der Waals surface area contributed by atoms with Gasteiger partial charge in [0.2, 0.25) is 0 Å². The standard InChI is InChI=1S/C15H26N6O4S/c22-14(13-3-2-11-8-19(13)15(23)21(11)25-26)18-24-9-10-6-12(7-16-10)20-5-1-4-17-20/h10-13,16-17,26H,1-9H2,(H,18,22)/t10-,11?,12+,13?/m0/s1. The van der Waals surface area contributed by atoms with Crippen molar-refractivity contribution in [2.24, 2.45) is 0 Å². The monoisotopic (exact) mass is 386 g/mol. The van der Waals surface area contributed by atoms with E-state index in [0.717, 1.165) is 26.1 Å². The molecule has 4 atom stereocenters. The SMILES string of the molecule is O=C(NOC[C@@H]1C[C@@H](N2CCCN2)CN1)C1CCC2CN1C(=O)N2OS. The quantitative estimate of drug-likeness (QED) is 0.265. The number of nitrogens with zero attached hydrogens (tertiary/aromatic N) is 3. The summed E-state index contributed by atoms with van der Waals surface area (Å²) in [5.74, 6) is -0.284. The first-order valence-corrected chi connectivity index (χ1v) is 9.60. The van der Waals surface area contributed by atoms with Crippen molar-refractivity contribution in [2.75, 3.05) is 32.8 Å². The molecule has 4 aliphatic heterocycles. The number of carbonyl (C=O) groups is 2. The van der Waals surface area contributed by atoms with E-state index in [1.807, 2.05) is 0 Å². The molecule has 0 radical (unpaired) electrons. The normalized spacial score (nSPS) is 34.7. The van der Waals surface area contributed by atoms with Gasteiger partial charge in [-0.25, -0.2) is 19.6 Å². The number of carbonyl (C=O) groups excluding carboxylic acids is 2. The molecule has 0 spiro atoms. The van der Waals surface area contributed by atoms with Crippen LogP contribution in [0.1, 0.15) is 25.7 Å². The molecule has 0 aromatic rings. The molecule has 2 bridgehead atoms. The molecule has 0 aromatic carbocycles. The zero-order valence-electron chi connectivity index (χ0n) is 14.6. The molecular weight excluding hydrogens is 360 g/mol. The van der Waals surface area contributed by atoms with Crippen molar-refractivity contribution in [3.05, 3.63) is 0 Å². The molecule has 4 saturated heterocycles. The Bertz CT molecular complexity index is 548. The molecule has 3 N–H and O–H groups in total. The molecule has 4 heterocycles. The lowest BCUT2D eigenvalue weighted by Crippen LogP contribution is -2.50. The van der Waals surface area contributed by atoms with Gasteiger partial charge in [-0.3, -0.25) is 15.1 Å². The fraction of sp³-hybridized carbons (Fsp3) is 0.867. The Labute approximate surface area is 158 Å². The summed E-state index contributed by atoms with van der Waals surface area (Å²) in [6.07, 6.45) is 3.45. The largest absolute Gasteiger partial charge is 0.345 e. The fourth-order valence-corrected chi connectivity index (χ4v) is 4.52. The molecule has 11 heteroatoms. The number of hydrogen-bond donors (Lipinski definition) is 4. The highest BCUT2D eigenvalue weighted by atomic mass is 32.1. The van der Waals surface area contributed by atoms with Crippen LogP contribution in [-0.2, 0) is 13.9 Å². The number of rotatable bonds is 6. The van der Waals surface area contributed by atoms with Crippen LogP contribution in [-0.4, -0.2) is 83.9 Å². The maximum absolute atomic E-state index is 12.4. The number of piperidine rings is 1. The third kappa shape index (κ3) is 3.51. The molecule has 26 heavy (non-hydrogen) atoms. The second kappa shape index (κ2) is 7.87. The Kier molecular flexibility index (Phi) is 5.53. The maximum Gasteiger partial charge on any atom is 0.345 e. The van der Waals surface area contributed by atoms with Crippen molar-refractivity contribution < 1.29 is 18.7 Å². The highest BCUT2D eigenvalue weighted by Crippen LogP contribution is 2.30. The summed E-state index contributed by atoms with van der Waals surface area (Å²) in [5.41, 5.74) is 5.91. The number of hydroxylamine groups is 3. The minimum absolute atomic E-state index is 0.0382. The molecule has 3 amide bonds. The van der Waals surface area contributed by atoms with E-state index >= 15 is 0 Å². The van der Waals surface area contributed by atoms with Crippen LogP contribution in [0.4, 0.5) is 4.79 Å². The van der Waals surface area contributed by atoms with Gasteiger partial charge in [-0.2, -0.15) is 5.06 Å². The summed E-state index contributed by atoms with van der Waals surface area (Å²) < 4.78 is 4.82. The zero-order chi connectivity index (χ0) is 18.1. The molecule has 4 rings (SSSR count). The molecule has 2 unspecified atom stereocenters. The van der Waals surface area contributed by atoms with E-state index in [4.69, 9.17) is 9.12 Å². The van der Waals surface area contributed by atoms with Crippen LogP contribution in [0.25, 0.3) is 0 Å². The Morgan fingerprint density at radius 2 is 2.23 bits per heavy atom. The lowest BCUT2D eigenvalue weighted by Gasteiger charge is -2.29. The van der Waals surface area contributed by atoms with Gasteiger partial charge in [0.15, 0.2) is 0 Å². The number of hydrogen-bond acceptors (Lipinski definition) is 8. The lowest BCUT2D eigenvalue weighted by atomic mass is 10.0. The summed E-state index contributed by atoms with van der Waals surface area (Å²) in [6.45, 7) is 3.93. The van der Waals surface area contributed by atoms with Gasteiger partial charge in [-0.15, -0.1) is 0 Å². The predicted molar refractivity (Wildman–Crippen MR) is 94.4 cm³/mol. The zero-order valence-corrected chi connectivity index (χ0v) is 15.5. The van der Waals surface area contributed by atoms with Gasteiger partial charge in [0.25, 0.3) is 5.91 Å². The van der Waals surface area contributed by atoms with Crippen molar-refractivity contribution in [2.45, 2.75) is 49.9 Å². The molecule has 0 saturated carbocycles. The first-order chi connectivity index (χ1) is 12.7. The van der Waals surface area contributed by atoms with Crippen LogP contribution in [0.2, 0.25) is 0 Å².